The molecule has 26 heavy (non-hydrogen) atoms. The highest BCUT2D eigenvalue weighted by molar-refractivity contribution is 6.00. The van der Waals surface area contributed by atoms with Crippen molar-refractivity contribution >= 4 is 11.5 Å². The average Bonchev–Trinajstić information content (AvgIpc) is 3.43. The van der Waals surface area contributed by atoms with Crippen molar-refractivity contribution < 1.29 is 19.0 Å². The first-order chi connectivity index (χ1) is 12.5. The van der Waals surface area contributed by atoms with Crippen LogP contribution in [0.4, 0.5) is 5.69 Å². The molecule has 1 aromatic carbocycles. The average molecular weight is 358 g/mol. The Bertz CT molecular complexity index is 796. The van der Waals surface area contributed by atoms with Crippen LogP contribution in [0.15, 0.2) is 18.2 Å². The third-order valence-corrected chi connectivity index (χ3v) is 4.81. The first kappa shape index (κ1) is 18.2. The number of ketones is 1. The van der Waals surface area contributed by atoms with Crippen molar-refractivity contribution in [3.8, 4) is 17.2 Å². The molecule has 2 aromatic rings. The minimum absolute atomic E-state index is 0.0683. The molecule has 6 heteroatoms. The Kier molecular flexibility index (Phi) is 5.11. The molecule has 140 valence electrons. The quantitative estimate of drug-likeness (QED) is 0.728. The SMILES string of the molecule is COc1cc(NCC(=O)c2cc(C)n(C3CC3)c2C)cc(OC)c1OC. The summed E-state index contributed by atoms with van der Waals surface area (Å²) in [5.74, 6) is 1.70. The van der Waals surface area contributed by atoms with Gasteiger partial charge in [0.15, 0.2) is 17.3 Å². The van der Waals surface area contributed by atoms with Gasteiger partial charge in [-0.3, -0.25) is 4.79 Å². The van der Waals surface area contributed by atoms with E-state index in [-0.39, 0.29) is 12.3 Å². The number of aromatic nitrogens is 1. The monoisotopic (exact) mass is 358 g/mol. The topological polar surface area (TPSA) is 61.7 Å². The standard InChI is InChI=1S/C20H26N2O4/c1-12-8-16(13(2)22(12)15-6-7-15)17(23)11-21-14-9-18(24-3)20(26-5)19(10-14)25-4/h8-10,15,21H,6-7,11H2,1-5H3. The third-order valence-electron chi connectivity index (χ3n) is 4.81. The van der Waals surface area contributed by atoms with E-state index in [1.807, 2.05) is 13.0 Å². The second-order valence-corrected chi connectivity index (χ2v) is 6.58. The van der Waals surface area contributed by atoms with Crippen LogP contribution in [0.3, 0.4) is 0 Å². The molecule has 0 saturated heterocycles. The van der Waals surface area contributed by atoms with E-state index >= 15 is 0 Å². The van der Waals surface area contributed by atoms with Crippen LogP contribution in [0.25, 0.3) is 0 Å². The number of nitrogens with one attached hydrogen (secondary N) is 1. The zero-order chi connectivity index (χ0) is 18.8. The number of rotatable bonds is 8. The Morgan fingerprint density at radius 2 is 1.69 bits per heavy atom. The van der Waals surface area contributed by atoms with Crippen LogP contribution < -0.4 is 19.5 Å². The summed E-state index contributed by atoms with van der Waals surface area (Å²) in [5.41, 5.74) is 3.74. The molecule has 1 aromatic heterocycles. The summed E-state index contributed by atoms with van der Waals surface area (Å²) in [4.78, 5) is 12.7. The predicted molar refractivity (Wildman–Crippen MR) is 101 cm³/mol. The van der Waals surface area contributed by atoms with Gasteiger partial charge in [0.25, 0.3) is 0 Å². The summed E-state index contributed by atoms with van der Waals surface area (Å²) in [6.45, 7) is 4.29. The van der Waals surface area contributed by atoms with E-state index in [4.69, 9.17) is 14.2 Å². The number of Topliss-reactive ketones (excluding diaryl/α,β-unsaturated/α-hetero) is 1. The number of hydrogen-bond acceptors (Lipinski definition) is 5. The molecule has 0 aliphatic heterocycles. The molecule has 1 aliphatic carbocycles. The zero-order valence-electron chi connectivity index (χ0n) is 16.0. The maximum atomic E-state index is 12.7. The molecule has 0 unspecified atom stereocenters. The molecule has 0 spiro atoms. The number of aryl methyl sites for hydroxylation is 1. The van der Waals surface area contributed by atoms with E-state index in [0.29, 0.717) is 23.3 Å². The molecule has 6 nitrogen and oxygen atoms in total. The summed E-state index contributed by atoms with van der Waals surface area (Å²) < 4.78 is 18.3. The summed E-state index contributed by atoms with van der Waals surface area (Å²) in [7, 11) is 4.70. The van der Waals surface area contributed by atoms with Gasteiger partial charge in [-0.25, -0.2) is 0 Å². The lowest BCUT2D eigenvalue weighted by molar-refractivity contribution is 0.101. The molecule has 0 amide bonds. The Hall–Kier alpha value is -2.63. The number of nitrogens with zero attached hydrogens (tertiary/aromatic N) is 1. The van der Waals surface area contributed by atoms with Crippen molar-refractivity contribution in [3.05, 3.63) is 35.2 Å². The molecule has 0 bridgehead atoms. The van der Waals surface area contributed by atoms with Gasteiger partial charge in [-0.1, -0.05) is 0 Å². The molecule has 3 rings (SSSR count). The fourth-order valence-electron chi connectivity index (χ4n) is 3.41. The third kappa shape index (κ3) is 3.36. The number of anilines is 1. The number of methoxy groups -OCH3 is 3. The smallest absolute Gasteiger partial charge is 0.203 e. The first-order valence-corrected chi connectivity index (χ1v) is 8.75. The van der Waals surface area contributed by atoms with Gasteiger partial charge < -0.3 is 24.1 Å². The molecule has 0 radical (unpaired) electrons. The summed E-state index contributed by atoms with van der Waals surface area (Å²) >= 11 is 0. The summed E-state index contributed by atoms with van der Waals surface area (Å²) in [5, 5.41) is 3.17. The Morgan fingerprint density at radius 1 is 1.08 bits per heavy atom. The van der Waals surface area contributed by atoms with Crippen molar-refractivity contribution in [2.75, 3.05) is 33.2 Å². The van der Waals surface area contributed by atoms with Crippen molar-refractivity contribution in [2.24, 2.45) is 0 Å². The molecular formula is C20H26N2O4. The number of carbonyl (C=O) groups excluding carboxylic acids is 1. The number of hydrogen-bond donors (Lipinski definition) is 1. The zero-order valence-corrected chi connectivity index (χ0v) is 16.0. The van der Waals surface area contributed by atoms with Gasteiger partial charge in [0.2, 0.25) is 5.75 Å². The van der Waals surface area contributed by atoms with Crippen molar-refractivity contribution in [2.45, 2.75) is 32.7 Å². The van der Waals surface area contributed by atoms with Crippen molar-refractivity contribution in [1.29, 1.82) is 0 Å². The maximum Gasteiger partial charge on any atom is 0.203 e. The Morgan fingerprint density at radius 3 is 2.19 bits per heavy atom. The second kappa shape index (κ2) is 7.32. The van der Waals surface area contributed by atoms with Crippen LogP contribution >= 0.6 is 0 Å². The first-order valence-electron chi connectivity index (χ1n) is 8.75. The van der Waals surface area contributed by atoms with E-state index in [1.165, 1.54) is 12.8 Å². The van der Waals surface area contributed by atoms with Crippen molar-refractivity contribution in [3.63, 3.8) is 0 Å². The second-order valence-electron chi connectivity index (χ2n) is 6.58. The lowest BCUT2D eigenvalue weighted by Gasteiger charge is -2.15. The van der Waals surface area contributed by atoms with Crippen LogP contribution in [0.1, 0.15) is 40.6 Å². The van der Waals surface area contributed by atoms with Gasteiger partial charge >= 0.3 is 0 Å². The van der Waals surface area contributed by atoms with E-state index in [1.54, 1.807) is 33.5 Å². The van der Waals surface area contributed by atoms with Gasteiger partial charge in [-0.15, -0.1) is 0 Å². The highest BCUT2D eigenvalue weighted by Crippen LogP contribution is 2.40. The van der Waals surface area contributed by atoms with Crippen LogP contribution in [-0.2, 0) is 0 Å². The van der Waals surface area contributed by atoms with Crippen LogP contribution in [0.5, 0.6) is 17.2 Å². The van der Waals surface area contributed by atoms with Gasteiger partial charge in [0.1, 0.15) is 0 Å². The van der Waals surface area contributed by atoms with Gasteiger partial charge in [0, 0.05) is 40.8 Å². The number of carbonyl (C=O) groups is 1. The van der Waals surface area contributed by atoms with Crippen LogP contribution in [-0.4, -0.2) is 38.2 Å². The minimum Gasteiger partial charge on any atom is -0.493 e. The Labute approximate surface area is 154 Å². The fraction of sp³-hybridized carbons (Fsp3) is 0.450. The van der Waals surface area contributed by atoms with E-state index in [2.05, 4.69) is 16.8 Å². The largest absolute Gasteiger partial charge is 0.493 e. The van der Waals surface area contributed by atoms with Crippen LogP contribution in [0.2, 0.25) is 0 Å². The molecule has 0 atom stereocenters. The molecule has 1 heterocycles. The number of ether oxygens (including phenoxy) is 3. The maximum absolute atomic E-state index is 12.7. The molecule has 1 N–H and O–H groups in total. The normalized spacial score (nSPS) is 13.4. The van der Waals surface area contributed by atoms with Gasteiger partial charge in [-0.05, 0) is 32.8 Å². The van der Waals surface area contributed by atoms with E-state index in [9.17, 15) is 4.79 Å². The van der Waals surface area contributed by atoms with Crippen molar-refractivity contribution in [1.82, 2.24) is 4.57 Å². The van der Waals surface area contributed by atoms with Gasteiger partial charge in [-0.2, -0.15) is 0 Å². The lowest BCUT2D eigenvalue weighted by Crippen LogP contribution is -2.15. The minimum atomic E-state index is 0.0683. The number of benzene rings is 1. The fourth-order valence-corrected chi connectivity index (χ4v) is 3.41. The molecule has 1 aliphatic rings. The molecule has 1 fully saturated rings. The summed E-state index contributed by atoms with van der Waals surface area (Å²) in [6.07, 6.45) is 2.40. The molecule has 1 saturated carbocycles. The van der Waals surface area contributed by atoms with E-state index in [0.717, 1.165) is 22.6 Å². The van der Waals surface area contributed by atoms with E-state index < -0.39 is 0 Å². The summed E-state index contributed by atoms with van der Waals surface area (Å²) in [6, 6.07) is 6.15. The lowest BCUT2D eigenvalue weighted by atomic mass is 10.1. The predicted octanol–water partition coefficient (Wildman–Crippen LogP) is 3.76. The van der Waals surface area contributed by atoms with Crippen LogP contribution in [0, 0.1) is 13.8 Å². The highest BCUT2D eigenvalue weighted by Gasteiger charge is 2.28. The molecular weight excluding hydrogens is 332 g/mol. The van der Waals surface area contributed by atoms with Gasteiger partial charge in [0.05, 0.1) is 27.9 Å². The highest BCUT2D eigenvalue weighted by atomic mass is 16.5. The Balaban J connectivity index is 1.77.